The van der Waals surface area contributed by atoms with E-state index in [-0.39, 0.29) is 17.5 Å². The Morgan fingerprint density at radius 1 is 1.37 bits per heavy atom. The van der Waals surface area contributed by atoms with Crippen LogP contribution in [-0.2, 0) is 16.4 Å². The number of methoxy groups -OCH3 is 1. The lowest BCUT2D eigenvalue weighted by molar-refractivity contribution is 0.414. The largest absolute Gasteiger partial charge is 0.497 e. The van der Waals surface area contributed by atoms with Gasteiger partial charge in [0, 0.05) is 6.54 Å². The van der Waals surface area contributed by atoms with Gasteiger partial charge in [0.25, 0.3) is 0 Å². The molecular weight excluding hydrogens is 284 g/mol. The van der Waals surface area contributed by atoms with Gasteiger partial charge in [-0.05, 0) is 29.9 Å². The molecule has 1 heterocycles. The van der Waals surface area contributed by atoms with E-state index >= 15 is 0 Å². The first-order chi connectivity index (χ1) is 8.98. The fourth-order valence-electron chi connectivity index (χ4n) is 1.81. The zero-order valence-electron chi connectivity index (χ0n) is 10.5. The van der Waals surface area contributed by atoms with E-state index in [0.717, 1.165) is 11.3 Å². The normalized spacial score (nSPS) is 17.3. The standard InChI is InChI=1S/C12H16N2O3S2/c1-17-11-4-2-9(3-5-11)6-13-12(18)14-10-7-19(15,16)8-10/h2-5,10H,6-8H2,1H3,(H2,13,14,18). The maximum atomic E-state index is 11.0. The summed E-state index contributed by atoms with van der Waals surface area (Å²) in [6.07, 6.45) is 0. The minimum atomic E-state index is -2.81. The van der Waals surface area contributed by atoms with Crippen LogP contribution >= 0.6 is 12.2 Å². The van der Waals surface area contributed by atoms with Gasteiger partial charge in [0.2, 0.25) is 0 Å². The van der Waals surface area contributed by atoms with Crippen molar-refractivity contribution < 1.29 is 13.2 Å². The van der Waals surface area contributed by atoms with Crippen molar-refractivity contribution in [3.05, 3.63) is 29.8 Å². The molecule has 1 aliphatic heterocycles. The van der Waals surface area contributed by atoms with Crippen LogP contribution in [-0.4, -0.2) is 38.2 Å². The third kappa shape index (κ3) is 4.07. The van der Waals surface area contributed by atoms with Gasteiger partial charge in [0.05, 0.1) is 24.7 Å². The Balaban J connectivity index is 1.74. The molecule has 1 saturated heterocycles. The molecule has 1 aromatic rings. The van der Waals surface area contributed by atoms with Gasteiger partial charge in [-0.25, -0.2) is 8.42 Å². The maximum Gasteiger partial charge on any atom is 0.166 e. The van der Waals surface area contributed by atoms with E-state index in [1.807, 2.05) is 24.3 Å². The van der Waals surface area contributed by atoms with Crippen LogP contribution < -0.4 is 15.4 Å². The van der Waals surface area contributed by atoms with Gasteiger partial charge in [-0.15, -0.1) is 0 Å². The third-order valence-electron chi connectivity index (χ3n) is 2.86. The number of sulfone groups is 1. The molecule has 0 unspecified atom stereocenters. The Bertz CT molecular complexity index is 543. The summed E-state index contributed by atoms with van der Waals surface area (Å²) in [6.45, 7) is 0.593. The van der Waals surface area contributed by atoms with E-state index < -0.39 is 9.84 Å². The molecule has 19 heavy (non-hydrogen) atoms. The molecule has 0 spiro atoms. The van der Waals surface area contributed by atoms with Crippen LogP contribution in [0, 0.1) is 0 Å². The average molecular weight is 300 g/mol. The van der Waals surface area contributed by atoms with Crippen LogP contribution in [0.3, 0.4) is 0 Å². The van der Waals surface area contributed by atoms with Gasteiger partial charge in [-0.3, -0.25) is 0 Å². The lowest BCUT2D eigenvalue weighted by atomic mass is 10.2. The van der Waals surface area contributed by atoms with E-state index in [2.05, 4.69) is 10.6 Å². The highest BCUT2D eigenvalue weighted by Gasteiger charge is 2.33. The number of ether oxygens (including phenoxy) is 1. The molecule has 104 valence electrons. The first-order valence-electron chi connectivity index (χ1n) is 5.86. The van der Waals surface area contributed by atoms with Crippen molar-refractivity contribution in [3.63, 3.8) is 0 Å². The zero-order chi connectivity index (χ0) is 13.9. The van der Waals surface area contributed by atoms with Crippen LogP contribution in [0.15, 0.2) is 24.3 Å². The molecule has 1 aromatic carbocycles. The van der Waals surface area contributed by atoms with Gasteiger partial charge in [0.1, 0.15) is 5.75 Å². The second kappa shape index (κ2) is 5.75. The molecule has 0 saturated carbocycles. The van der Waals surface area contributed by atoms with E-state index in [4.69, 9.17) is 17.0 Å². The first kappa shape index (κ1) is 14.1. The molecular formula is C12H16N2O3S2. The summed E-state index contributed by atoms with van der Waals surface area (Å²) in [4.78, 5) is 0. The minimum Gasteiger partial charge on any atom is -0.497 e. The van der Waals surface area contributed by atoms with E-state index in [1.165, 1.54) is 0 Å². The van der Waals surface area contributed by atoms with Crippen molar-refractivity contribution in [1.29, 1.82) is 0 Å². The van der Waals surface area contributed by atoms with Crippen LogP contribution in [0.1, 0.15) is 5.56 Å². The van der Waals surface area contributed by atoms with Crippen LogP contribution in [0.5, 0.6) is 5.75 Å². The second-order valence-electron chi connectivity index (χ2n) is 4.45. The van der Waals surface area contributed by atoms with Crippen LogP contribution in [0.2, 0.25) is 0 Å². The number of benzene rings is 1. The summed E-state index contributed by atoms with van der Waals surface area (Å²) < 4.78 is 27.1. The Hall–Kier alpha value is -1.34. The second-order valence-corrected chi connectivity index (χ2v) is 7.01. The third-order valence-corrected chi connectivity index (χ3v) is 4.94. The lowest BCUT2D eigenvalue weighted by Gasteiger charge is -2.27. The smallest absolute Gasteiger partial charge is 0.166 e. The molecule has 5 nitrogen and oxygen atoms in total. The van der Waals surface area contributed by atoms with Crippen molar-refractivity contribution in [3.8, 4) is 5.75 Å². The highest BCUT2D eigenvalue weighted by atomic mass is 32.2. The molecule has 0 aliphatic carbocycles. The van der Waals surface area contributed by atoms with Crippen molar-refractivity contribution >= 4 is 27.2 Å². The molecule has 0 atom stereocenters. The van der Waals surface area contributed by atoms with Crippen molar-refractivity contribution in [1.82, 2.24) is 10.6 Å². The number of rotatable bonds is 4. The molecule has 2 rings (SSSR count). The van der Waals surface area contributed by atoms with Crippen LogP contribution in [0.4, 0.5) is 0 Å². The number of hydrogen-bond donors (Lipinski definition) is 2. The zero-order valence-corrected chi connectivity index (χ0v) is 12.2. The van der Waals surface area contributed by atoms with E-state index in [1.54, 1.807) is 7.11 Å². The topological polar surface area (TPSA) is 67.4 Å². The Morgan fingerprint density at radius 3 is 2.53 bits per heavy atom. The van der Waals surface area contributed by atoms with Crippen LogP contribution in [0.25, 0.3) is 0 Å². The highest BCUT2D eigenvalue weighted by Crippen LogP contribution is 2.11. The Kier molecular flexibility index (Phi) is 4.26. The Morgan fingerprint density at radius 2 is 2.00 bits per heavy atom. The minimum absolute atomic E-state index is 0.0548. The quantitative estimate of drug-likeness (QED) is 0.787. The van der Waals surface area contributed by atoms with Crippen molar-refractivity contribution in [2.75, 3.05) is 18.6 Å². The van der Waals surface area contributed by atoms with Gasteiger partial charge >= 0.3 is 0 Å². The van der Waals surface area contributed by atoms with Crippen molar-refractivity contribution in [2.45, 2.75) is 12.6 Å². The highest BCUT2D eigenvalue weighted by molar-refractivity contribution is 7.92. The molecule has 2 N–H and O–H groups in total. The van der Waals surface area contributed by atoms with E-state index in [0.29, 0.717) is 11.7 Å². The summed E-state index contributed by atoms with van der Waals surface area (Å²) in [7, 11) is -1.19. The summed E-state index contributed by atoms with van der Waals surface area (Å²) in [6, 6.07) is 7.60. The summed E-state index contributed by atoms with van der Waals surface area (Å²) in [5.74, 6) is 1.14. The molecule has 0 aromatic heterocycles. The van der Waals surface area contributed by atoms with Gasteiger partial charge in [-0.2, -0.15) is 0 Å². The van der Waals surface area contributed by atoms with Crippen molar-refractivity contribution in [2.24, 2.45) is 0 Å². The fourth-order valence-corrected chi connectivity index (χ4v) is 3.34. The first-order valence-corrected chi connectivity index (χ1v) is 8.09. The summed E-state index contributed by atoms with van der Waals surface area (Å²) in [5, 5.41) is 6.51. The lowest BCUT2D eigenvalue weighted by Crippen LogP contribution is -2.55. The maximum absolute atomic E-state index is 11.0. The monoisotopic (exact) mass is 300 g/mol. The molecule has 1 fully saturated rings. The van der Waals surface area contributed by atoms with Gasteiger partial charge < -0.3 is 15.4 Å². The number of thiocarbonyl (C=S) groups is 1. The molecule has 1 aliphatic rings. The summed E-state index contributed by atoms with van der Waals surface area (Å²) in [5.41, 5.74) is 1.08. The van der Waals surface area contributed by atoms with Gasteiger partial charge in [0.15, 0.2) is 14.9 Å². The van der Waals surface area contributed by atoms with Gasteiger partial charge in [-0.1, -0.05) is 12.1 Å². The number of nitrogens with one attached hydrogen (secondary N) is 2. The molecule has 0 bridgehead atoms. The SMILES string of the molecule is COc1ccc(CNC(=S)NC2CS(=O)(=O)C2)cc1. The average Bonchev–Trinajstić information content (AvgIpc) is 2.35. The predicted molar refractivity (Wildman–Crippen MR) is 78.0 cm³/mol. The molecule has 0 radical (unpaired) electrons. The summed E-state index contributed by atoms with van der Waals surface area (Å²) >= 11 is 5.11. The Labute approximate surface area is 118 Å². The molecule has 7 heteroatoms. The molecule has 0 amide bonds. The predicted octanol–water partition coefficient (Wildman–Crippen LogP) is 0.456. The number of hydrogen-bond acceptors (Lipinski definition) is 4. The fraction of sp³-hybridized carbons (Fsp3) is 0.417. The van der Waals surface area contributed by atoms with E-state index in [9.17, 15) is 8.42 Å².